The molecule has 0 N–H and O–H groups in total. The zero-order valence-electron chi connectivity index (χ0n) is 11.8. The Morgan fingerprint density at radius 3 is 2.50 bits per heavy atom. The number of aldehydes is 1. The number of carbonyl (C=O) groups excluding carboxylic acids is 1. The number of benzene rings is 1. The van der Waals surface area contributed by atoms with Crippen LogP contribution in [-0.4, -0.2) is 39.4 Å². The lowest BCUT2D eigenvalue weighted by atomic mass is 10.2. The fourth-order valence-electron chi connectivity index (χ4n) is 1.73. The summed E-state index contributed by atoms with van der Waals surface area (Å²) < 4.78 is 34.0. The van der Waals surface area contributed by atoms with Crippen LogP contribution < -0.4 is 9.47 Å². The van der Waals surface area contributed by atoms with Crippen molar-refractivity contribution in [3.63, 3.8) is 0 Å². The summed E-state index contributed by atoms with van der Waals surface area (Å²) in [6.45, 7) is 4.08. The van der Waals surface area contributed by atoms with Gasteiger partial charge in [0.25, 0.3) is 0 Å². The molecule has 0 aliphatic carbocycles. The molecular formula is C14H20O5S. The highest BCUT2D eigenvalue weighted by Gasteiger charge is 2.13. The molecule has 1 aromatic rings. The molecule has 0 radical (unpaired) electrons. The fraction of sp³-hybridized carbons (Fsp3) is 0.500. The monoisotopic (exact) mass is 300 g/mol. The highest BCUT2D eigenvalue weighted by atomic mass is 32.2. The molecule has 0 aromatic heterocycles. The van der Waals surface area contributed by atoms with E-state index in [1.807, 2.05) is 13.8 Å². The van der Waals surface area contributed by atoms with Crippen molar-refractivity contribution >= 4 is 16.1 Å². The van der Waals surface area contributed by atoms with Gasteiger partial charge >= 0.3 is 0 Å². The molecule has 5 nitrogen and oxygen atoms in total. The molecular weight excluding hydrogens is 280 g/mol. The molecule has 6 heteroatoms. The Bertz CT molecular complexity index is 536. The van der Waals surface area contributed by atoms with Crippen LogP contribution in [0.1, 0.15) is 30.6 Å². The second-order valence-corrected chi connectivity index (χ2v) is 6.53. The van der Waals surface area contributed by atoms with E-state index in [4.69, 9.17) is 9.47 Å². The Kier molecular flexibility index (Phi) is 6.51. The molecule has 0 spiro atoms. The number of ether oxygens (including phenoxy) is 2. The first kappa shape index (κ1) is 16.5. The van der Waals surface area contributed by atoms with Crippen molar-refractivity contribution in [3.05, 3.63) is 23.8 Å². The van der Waals surface area contributed by atoms with E-state index in [1.54, 1.807) is 18.2 Å². The Balaban J connectivity index is 2.78. The highest BCUT2D eigenvalue weighted by molar-refractivity contribution is 7.91. The van der Waals surface area contributed by atoms with Gasteiger partial charge in [0, 0.05) is 0 Å². The first-order valence-corrected chi connectivity index (χ1v) is 8.40. The average molecular weight is 300 g/mol. The van der Waals surface area contributed by atoms with Gasteiger partial charge in [-0.1, -0.05) is 13.0 Å². The van der Waals surface area contributed by atoms with Gasteiger partial charge in [0.15, 0.2) is 27.6 Å². The average Bonchev–Trinajstić information content (AvgIpc) is 2.40. The van der Waals surface area contributed by atoms with Crippen LogP contribution in [0.25, 0.3) is 0 Å². The number of rotatable bonds is 9. The van der Waals surface area contributed by atoms with Crippen LogP contribution in [0.15, 0.2) is 18.2 Å². The van der Waals surface area contributed by atoms with Crippen molar-refractivity contribution in [2.75, 3.05) is 24.7 Å². The zero-order valence-corrected chi connectivity index (χ0v) is 12.6. The maximum Gasteiger partial charge on any atom is 0.171 e. The molecule has 0 aliphatic heterocycles. The van der Waals surface area contributed by atoms with Gasteiger partial charge in [-0.25, -0.2) is 8.42 Å². The largest absolute Gasteiger partial charge is 0.490 e. The van der Waals surface area contributed by atoms with E-state index in [0.29, 0.717) is 36.4 Å². The normalized spacial score (nSPS) is 11.1. The lowest BCUT2D eigenvalue weighted by Crippen LogP contribution is -2.17. The number of hydrogen-bond donors (Lipinski definition) is 0. The molecule has 0 saturated carbocycles. The molecule has 112 valence electrons. The summed E-state index contributed by atoms with van der Waals surface area (Å²) in [7, 11) is -3.10. The van der Waals surface area contributed by atoms with Crippen molar-refractivity contribution in [3.8, 4) is 11.5 Å². The summed E-state index contributed by atoms with van der Waals surface area (Å²) in [4.78, 5) is 11.0. The first-order chi connectivity index (χ1) is 9.54. The second kappa shape index (κ2) is 7.89. The van der Waals surface area contributed by atoms with Crippen LogP contribution in [0.5, 0.6) is 11.5 Å². The summed E-state index contributed by atoms with van der Waals surface area (Å²) in [5.41, 5.74) is 0.351. The lowest BCUT2D eigenvalue weighted by Gasteiger charge is -2.13. The van der Waals surface area contributed by atoms with Crippen molar-refractivity contribution in [2.24, 2.45) is 0 Å². The van der Waals surface area contributed by atoms with Crippen LogP contribution in [0, 0.1) is 0 Å². The van der Waals surface area contributed by atoms with E-state index < -0.39 is 9.84 Å². The van der Waals surface area contributed by atoms with Crippen LogP contribution in [0.2, 0.25) is 0 Å². The van der Waals surface area contributed by atoms with E-state index in [0.717, 1.165) is 0 Å². The molecule has 0 saturated heterocycles. The number of sulfone groups is 1. The summed E-state index contributed by atoms with van der Waals surface area (Å²) in [5, 5.41) is 0. The summed E-state index contributed by atoms with van der Waals surface area (Å²) in [5.74, 6) is 0.824. The number of para-hydroxylation sites is 1. The lowest BCUT2D eigenvalue weighted by molar-refractivity contribution is 0.111. The van der Waals surface area contributed by atoms with E-state index in [2.05, 4.69) is 0 Å². The van der Waals surface area contributed by atoms with Gasteiger partial charge in [-0.15, -0.1) is 0 Å². The Morgan fingerprint density at radius 1 is 1.15 bits per heavy atom. The molecule has 0 atom stereocenters. The van der Waals surface area contributed by atoms with E-state index in [-0.39, 0.29) is 18.1 Å². The summed E-state index contributed by atoms with van der Waals surface area (Å²) in [6, 6.07) is 4.98. The van der Waals surface area contributed by atoms with Crippen LogP contribution in [0.3, 0.4) is 0 Å². The minimum atomic E-state index is -3.10. The maximum atomic E-state index is 11.6. The Labute approximate surface area is 119 Å². The minimum absolute atomic E-state index is 0.00720. The van der Waals surface area contributed by atoms with E-state index >= 15 is 0 Å². The van der Waals surface area contributed by atoms with Crippen molar-refractivity contribution in [2.45, 2.75) is 20.3 Å². The SMILES string of the molecule is CCCS(=O)(=O)CCOc1c(C=O)cccc1OCC. The molecule has 1 aromatic carbocycles. The van der Waals surface area contributed by atoms with Gasteiger partial charge in [0.1, 0.15) is 6.61 Å². The van der Waals surface area contributed by atoms with Crippen LogP contribution >= 0.6 is 0 Å². The summed E-state index contributed by atoms with van der Waals surface area (Å²) >= 11 is 0. The topological polar surface area (TPSA) is 69.7 Å². The second-order valence-electron chi connectivity index (χ2n) is 4.23. The van der Waals surface area contributed by atoms with Gasteiger partial charge in [0.05, 0.1) is 23.7 Å². The first-order valence-electron chi connectivity index (χ1n) is 6.58. The predicted molar refractivity (Wildman–Crippen MR) is 77.4 cm³/mol. The third kappa shape index (κ3) is 4.85. The van der Waals surface area contributed by atoms with Gasteiger partial charge in [-0.05, 0) is 25.5 Å². The van der Waals surface area contributed by atoms with Gasteiger partial charge in [0.2, 0.25) is 0 Å². The van der Waals surface area contributed by atoms with Crippen molar-refractivity contribution in [1.82, 2.24) is 0 Å². The fourth-order valence-corrected chi connectivity index (χ4v) is 2.90. The Morgan fingerprint density at radius 2 is 1.90 bits per heavy atom. The number of carbonyl (C=O) groups is 1. The standard InChI is InChI=1S/C14H20O5S/c1-3-9-20(16,17)10-8-19-14-12(11-15)6-5-7-13(14)18-4-2/h5-7,11H,3-4,8-10H2,1-2H3. The quantitative estimate of drug-likeness (QED) is 0.653. The van der Waals surface area contributed by atoms with Gasteiger partial charge in [-0.2, -0.15) is 0 Å². The third-order valence-electron chi connectivity index (χ3n) is 2.59. The summed E-state index contributed by atoms with van der Waals surface area (Å²) in [6.07, 6.45) is 1.25. The maximum absolute atomic E-state index is 11.6. The van der Waals surface area contributed by atoms with Crippen LogP contribution in [-0.2, 0) is 9.84 Å². The highest BCUT2D eigenvalue weighted by Crippen LogP contribution is 2.30. The minimum Gasteiger partial charge on any atom is -0.490 e. The molecule has 0 aliphatic rings. The molecule has 0 bridgehead atoms. The molecule has 20 heavy (non-hydrogen) atoms. The molecule has 0 amide bonds. The van der Waals surface area contributed by atoms with Crippen LogP contribution in [0.4, 0.5) is 0 Å². The molecule has 0 heterocycles. The number of hydrogen-bond acceptors (Lipinski definition) is 5. The van der Waals surface area contributed by atoms with Gasteiger partial charge < -0.3 is 9.47 Å². The van der Waals surface area contributed by atoms with E-state index in [1.165, 1.54) is 0 Å². The van der Waals surface area contributed by atoms with E-state index in [9.17, 15) is 13.2 Å². The zero-order chi connectivity index (χ0) is 15.0. The van der Waals surface area contributed by atoms with Crippen molar-refractivity contribution < 1.29 is 22.7 Å². The van der Waals surface area contributed by atoms with Gasteiger partial charge in [-0.3, -0.25) is 4.79 Å². The predicted octanol–water partition coefficient (Wildman–Crippen LogP) is 2.10. The Hall–Kier alpha value is -1.56. The molecule has 0 fully saturated rings. The molecule has 0 unspecified atom stereocenters. The van der Waals surface area contributed by atoms with Crippen molar-refractivity contribution in [1.29, 1.82) is 0 Å². The smallest absolute Gasteiger partial charge is 0.171 e. The third-order valence-corrected chi connectivity index (χ3v) is 4.41. The molecule has 1 rings (SSSR count).